The van der Waals surface area contributed by atoms with Crippen molar-refractivity contribution in [3.63, 3.8) is 0 Å². The standard InChI is InChI=1S/C17H32N2/c1-5-11-18-15(3)13-17(9-7-8-10-17)14-16(4)19-12-6-2/h7-10,15-16,18-19H,5-6,11-14H2,1-4H3. The molecule has 0 saturated heterocycles. The maximum Gasteiger partial charge on any atom is 0.00964 e. The Bertz CT molecular complexity index is 264. The summed E-state index contributed by atoms with van der Waals surface area (Å²) in [5.74, 6) is 0. The van der Waals surface area contributed by atoms with E-state index < -0.39 is 0 Å². The van der Waals surface area contributed by atoms with Crippen molar-refractivity contribution in [1.29, 1.82) is 0 Å². The second-order valence-electron chi connectivity index (χ2n) is 6.07. The summed E-state index contributed by atoms with van der Waals surface area (Å²) >= 11 is 0. The maximum absolute atomic E-state index is 3.61. The highest BCUT2D eigenvalue weighted by atomic mass is 14.9. The normalized spacial score (nSPS) is 19.8. The molecule has 1 aliphatic carbocycles. The minimum atomic E-state index is 0.250. The Morgan fingerprint density at radius 3 is 1.63 bits per heavy atom. The molecule has 0 heterocycles. The third-order valence-corrected chi connectivity index (χ3v) is 3.83. The first-order valence-corrected chi connectivity index (χ1v) is 7.95. The van der Waals surface area contributed by atoms with Crippen LogP contribution < -0.4 is 10.6 Å². The van der Waals surface area contributed by atoms with E-state index in [1.54, 1.807) is 0 Å². The largest absolute Gasteiger partial charge is 0.314 e. The fourth-order valence-corrected chi connectivity index (χ4v) is 2.97. The van der Waals surface area contributed by atoms with Gasteiger partial charge in [0.1, 0.15) is 0 Å². The van der Waals surface area contributed by atoms with Gasteiger partial charge in [-0.25, -0.2) is 0 Å². The molecule has 0 aliphatic heterocycles. The zero-order chi connectivity index (χ0) is 14.1. The number of nitrogens with one attached hydrogen (secondary N) is 2. The van der Waals surface area contributed by atoms with Crippen LogP contribution in [0.1, 0.15) is 53.4 Å². The molecule has 0 fully saturated rings. The van der Waals surface area contributed by atoms with E-state index in [1.807, 2.05) is 0 Å². The van der Waals surface area contributed by atoms with Crippen molar-refractivity contribution in [1.82, 2.24) is 10.6 Å². The summed E-state index contributed by atoms with van der Waals surface area (Å²) in [6, 6.07) is 1.15. The highest BCUT2D eigenvalue weighted by Crippen LogP contribution is 2.36. The molecule has 0 aromatic heterocycles. The third kappa shape index (κ3) is 5.92. The van der Waals surface area contributed by atoms with Crippen LogP contribution in [-0.4, -0.2) is 25.2 Å². The first kappa shape index (κ1) is 16.5. The molecule has 0 aromatic rings. The lowest BCUT2D eigenvalue weighted by Crippen LogP contribution is -2.37. The zero-order valence-corrected chi connectivity index (χ0v) is 13.2. The van der Waals surface area contributed by atoms with E-state index in [1.165, 1.54) is 25.7 Å². The Morgan fingerprint density at radius 2 is 1.26 bits per heavy atom. The molecule has 0 spiro atoms. The van der Waals surface area contributed by atoms with Crippen molar-refractivity contribution in [2.24, 2.45) is 5.41 Å². The van der Waals surface area contributed by atoms with Crippen molar-refractivity contribution < 1.29 is 0 Å². The van der Waals surface area contributed by atoms with Crippen molar-refractivity contribution in [3.8, 4) is 0 Å². The molecule has 1 rings (SSSR count). The summed E-state index contributed by atoms with van der Waals surface area (Å²) in [4.78, 5) is 0. The number of allylic oxidation sites excluding steroid dienone is 4. The van der Waals surface area contributed by atoms with Crippen LogP contribution in [0.4, 0.5) is 0 Å². The van der Waals surface area contributed by atoms with Gasteiger partial charge in [0.2, 0.25) is 0 Å². The average molecular weight is 264 g/mol. The van der Waals surface area contributed by atoms with E-state index in [4.69, 9.17) is 0 Å². The van der Waals surface area contributed by atoms with Gasteiger partial charge in [-0.05, 0) is 52.6 Å². The summed E-state index contributed by atoms with van der Waals surface area (Å²) in [6.07, 6.45) is 14.0. The Morgan fingerprint density at radius 1 is 0.842 bits per heavy atom. The molecule has 19 heavy (non-hydrogen) atoms. The van der Waals surface area contributed by atoms with Crippen LogP contribution in [0.3, 0.4) is 0 Å². The smallest absolute Gasteiger partial charge is 0.00964 e. The lowest BCUT2D eigenvalue weighted by Gasteiger charge is -2.32. The minimum Gasteiger partial charge on any atom is -0.314 e. The van der Waals surface area contributed by atoms with E-state index >= 15 is 0 Å². The summed E-state index contributed by atoms with van der Waals surface area (Å²) in [7, 11) is 0. The van der Waals surface area contributed by atoms with E-state index in [2.05, 4.69) is 62.6 Å². The molecule has 2 N–H and O–H groups in total. The summed E-state index contributed by atoms with van der Waals surface area (Å²) in [5.41, 5.74) is 0.250. The van der Waals surface area contributed by atoms with Gasteiger partial charge >= 0.3 is 0 Å². The van der Waals surface area contributed by atoms with Gasteiger partial charge in [0.15, 0.2) is 0 Å². The summed E-state index contributed by atoms with van der Waals surface area (Å²) in [5, 5.41) is 7.22. The Kier molecular flexibility index (Phi) is 7.40. The predicted octanol–water partition coefficient (Wildman–Crippen LogP) is 3.66. The second kappa shape index (κ2) is 8.55. The van der Waals surface area contributed by atoms with Crippen LogP contribution in [0, 0.1) is 5.41 Å². The maximum atomic E-state index is 3.61. The van der Waals surface area contributed by atoms with Crippen LogP contribution in [-0.2, 0) is 0 Å². The Labute approximate surface area is 119 Å². The minimum absolute atomic E-state index is 0.250. The molecule has 2 heteroatoms. The topological polar surface area (TPSA) is 24.1 Å². The molecule has 0 radical (unpaired) electrons. The first-order chi connectivity index (χ1) is 9.12. The highest BCUT2D eigenvalue weighted by Gasteiger charge is 2.29. The molecule has 0 saturated carbocycles. The molecule has 0 amide bonds. The van der Waals surface area contributed by atoms with Crippen LogP contribution >= 0.6 is 0 Å². The Hall–Kier alpha value is -0.600. The molecular formula is C17H32N2. The quantitative estimate of drug-likeness (QED) is 0.629. The van der Waals surface area contributed by atoms with Gasteiger partial charge in [-0.1, -0.05) is 38.2 Å². The fourth-order valence-electron chi connectivity index (χ4n) is 2.97. The van der Waals surface area contributed by atoms with Crippen LogP contribution in [0.15, 0.2) is 24.3 Å². The van der Waals surface area contributed by atoms with Gasteiger partial charge in [0.25, 0.3) is 0 Å². The number of rotatable bonds is 10. The lowest BCUT2D eigenvalue weighted by molar-refractivity contribution is 0.315. The number of hydrogen-bond donors (Lipinski definition) is 2. The zero-order valence-electron chi connectivity index (χ0n) is 13.2. The molecule has 2 nitrogen and oxygen atoms in total. The van der Waals surface area contributed by atoms with E-state index in [0.29, 0.717) is 12.1 Å². The van der Waals surface area contributed by atoms with Gasteiger partial charge in [0, 0.05) is 17.5 Å². The molecular weight excluding hydrogens is 232 g/mol. The molecule has 110 valence electrons. The van der Waals surface area contributed by atoms with Gasteiger partial charge in [-0.15, -0.1) is 0 Å². The lowest BCUT2D eigenvalue weighted by atomic mass is 9.78. The average Bonchev–Trinajstić information content (AvgIpc) is 2.82. The third-order valence-electron chi connectivity index (χ3n) is 3.83. The van der Waals surface area contributed by atoms with Gasteiger partial charge in [0.05, 0.1) is 0 Å². The van der Waals surface area contributed by atoms with Crippen LogP contribution in [0.5, 0.6) is 0 Å². The van der Waals surface area contributed by atoms with Gasteiger partial charge in [-0.3, -0.25) is 0 Å². The summed E-state index contributed by atoms with van der Waals surface area (Å²) < 4.78 is 0. The SMILES string of the molecule is CCCNC(C)CC1(CC(C)NCCC)C=CC=C1. The molecule has 2 atom stereocenters. The van der Waals surface area contributed by atoms with Crippen molar-refractivity contribution >= 4 is 0 Å². The Balaban J connectivity index is 2.50. The highest BCUT2D eigenvalue weighted by molar-refractivity contribution is 5.25. The van der Waals surface area contributed by atoms with Crippen LogP contribution in [0.2, 0.25) is 0 Å². The van der Waals surface area contributed by atoms with Gasteiger partial charge < -0.3 is 10.6 Å². The molecule has 2 unspecified atom stereocenters. The van der Waals surface area contributed by atoms with Crippen molar-refractivity contribution in [2.75, 3.05) is 13.1 Å². The van der Waals surface area contributed by atoms with Crippen LogP contribution in [0.25, 0.3) is 0 Å². The predicted molar refractivity (Wildman–Crippen MR) is 85.5 cm³/mol. The fraction of sp³-hybridized carbons (Fsp3) is 0.765. The van der Waals surface area contributed by atoms with E-state index in [-0.39, 0.29) is 5.41 Å². The van der Waals surface area contributed by atoms with Gasteiger partial charge in [-0.2, -0.15) is 0 Å². The second-order valence-corrected chi connectivity index (χ2v) is 6.07. The molecule has 0 bridgehead atoms. The van der Waals surface area contributed by atoms with Crippen molar-refractivity contribution in [2.45, 2.75) is 65.5 Å². The molecule has 1 aliphatic rings. The van der Waals surface area contributed by atoms with E-state index in [9.17, 15) is 0 Å². The number of hydrogen-bond acceptors (Lipinski definition) is 2. The monoisotopic (exact) mass is 264 g/mol. The summed E-state index contributed by atoms with van der Waals surface area (Å²) in [6.45, 7) is 11.3. The van der Waals surface area contributed by atoms with E-state index in [0.717, 1.165) is 13.1 Å². The van der Waals surface area contributed by atoms with Crippen molar-refractivity contribution in [3.05, 3.63) is 24.3 Å². The molecule has 0 aromatic carbocycles. The first-order valence-electron chi connectivity index (χ1n) is 7.95.